The molecule has 0 unspecified atom stereocenters. The highest BCUT2D eigenvalue weighted by molar-refractivity contribution is 6.21. The fraction of sp³-hybridized carbons (Fsp3) is 0.0714. The summed E-state index contributed by atoms with van der Waals surface area (Å²) in [6, 6.07) is 10.2. The molecule has 1 aliphatic heterocycles. The van der Waals surface area contributed by atoms with Gasteiger partial charge in [-0.05, 0) is 29.8 Å². The van der Waals surface area contributed by atoms with Crippen LogP contribution in [0.25, 0.3) is 0 Å². The Bertz CT molecular complexity index is 647. The van der Waals surface area contributed by atoms with Crippen LogP contribution in [0, 0.1) is 0 Å². The molecule has 5 heteroatoms. The van der Waals surface area contributed by atoms with Gasteiger partial charge in [-0.1, -0.05) is 12.1 Å². The van der Waals surface area contributed by atoms with Crippen LogP contribution in [0.4, 0.5) is 5.82 Å². The first kappa shape index (κ1) is 11.4. The summed E-state index contributed by atoms with van der Waals surface area (Å²) < 4.78 is 0. The molecule has 2 N–H and O–H groups in total. The van der Waals surface area contributed by atoms with E-state index in [1.165, 1.54) is 4.90 Å². The highest BCUT2D eigenvalue weighted by Gasteiger charge is 2.34. The molecule has 5 nitrogen and oxygen atoms in total. The fourth-order valence-corrected chi connectivity index (χ4v) is 2.16. The second-order valence-electron chi connectivity index (χ2n) is 4.33. The predicted molar refractivity (Wildman–Crippen MR) is 69.3 cm³/mol. The maximum atomic E-state index is 12.2. The number of benzene rings is 1. The first-order valence-electron chi connectivity index (χ1n) is 5.82. The number of anilines is 1. The summed E-state index contributed by atoms with van der Waals surface area (Å²) in [6.45, 7) is 0.207. The number of nitrogen functional groups attached to an aromatic ring is 1. The van der Waals surface area contributed by atoms with E-state index in [1.807, 2.05) is 0 Å². The zero-order chi connectivity index (χ0) is 13.4. The number of nitrogens with zero attached hydrogens (tertiary/aromatic N) is 2. The van der Waals surface area contributed by atoms with E-state index in [0.717, 1.165) is 5.56 Å². The van der Waals surface area contributed by atoms with Crippen LogP contribution in [0.1, 0.15) is 26.3 Å². The average Bonchev–Trinajstić information content (AvgIpc) is 2.65. The molecule has 0 spiro atoms. The Labute approximate surface area is 109 Å². The Morgan fingerprint density at radius 1 is 1.05 bits per heavy atom. The summed E-state index contributed by atoms with van der Waals surface area (Å²) in [4.78, 5) is 29.4. The van der Waals surface area contributed by atoms with Gasteiger partial charge in [-0.15, -0.1) is 0 Å². The van der Waals surface area contributed by atoms with E-state index in [-0.39, 0.29) is 18.4 Å². The van der Waals surface area contributed by atoms with Crippen LogP contribution < -0.4 is 5.73 Å². The van der Waals surface area contributed by atoms with Crippen LogP contribution in [0.5, 0.6) is 0 Å². The normalized spacial score (nSPS) is 13.8. The maximum Gasteiger partial charge on any atom is 0.261 e. The molecular weight excluding hydrogens is 242 g/mol. The van der Waals surface area contributed by atoms with Crippen molar-refractivity contribution < 1.29 is 9.59 Å². The Balaban J connectivity index is 1.92. The molecule has 0 fully saturated rings. The summed E-state index contributed by atoms with van der Waals surface area (Å²) in [5, 5.41) is 0. The summed E-state index contributed by atoms with van der Waals surface area (Å²) in [7, 11) is 0. The number of carbonyl (C=O) groups excluding carboxylic acids is 2. The average molecular weight is 253 g/mol. The van der Waals surface area contributed by atoms with E-state index in [0.29, 0.717) is 16.9 Å². The van der Waals surface area contributed by atoms with Gasteiger partial charge >= 0.3 is 0 Å². The number of pyridine rings is 1. The lowest BCUT2D eigenvalue weighted by Crippen LogP contribution is -2.29. The Morgan fingerprint density at radius 2 is 1.68 bits per heavy atom. The van der Waals surface area contributed by atoms with E-state index >= 15 is 0 Å². The molecule has 2 amide bonds. The molecule has 0 saturated carbocycles. The molecule has 0 aliphatic carbocycles. The van der Waals surface area contributed by atoms with E-state index < -0.39 is 0 Å². The van der Waals surface area contributed by atoms with Crippen molar-refractivity contribution in [3.63, 3.8) is 0 Å². The van der Waals surface area contributed by atoms with Crippen molar-refractivity contribution in [2.45, 2.75) is 6.54 Å². The zero-order valence-electron chi connectivity index (χ0n) is 10.0. The second kappa shape index (κ2) is 4.20. The van der Waals surface area contributed by atoms with Crippen molar-refractivity contribution in [2.24, 2.45) is 0 Å². The summed E-state index contributed by atoms with van der Waals surface area (Å²) in [5.74, 6) is -0.166. The van der Waals surface area contributed by atoms with Crippen LogP contribution in [-0.4, -0.2) is 21.7 Å². The Morgan fingerprint density at radius 3 is 2.26 bits per heavy atom. The number of nitrogens with two attached hydrogens (primary N) is 1. The number of aromatic nitrogens is 1. The van der Waals surface area contributed by atoms with Gasteiger partial charge in [-0.3, -0.25) is 14.5 Å². The van der Waals surface area contributed by atoms with Gasteiger partial charge < -0.3 is 5.73 Å². The van der Waals surface area contributed by atoms with E-state index in [1.54, 1.807) is 42.6 Å². The molecule has 94 valence electrons. The van der Waals surface area contributed by atoms with E-state index in [9.17, 15) is 9.59 Å². The van der Waals surface area contributed by atoms with Gasteiger partial charge in [-0.2, -0.15) is 0 Å². The van der Waals surface area contributed by atoms with Crippen LogP contribution in [0.15, 0.2) is 42.6 Å². The number of hydrogen-bond acceptors (Lipinski definition) is 4. The lowest BCUT2D eigenvalue weighted by atomic mass is 10.1. The van der Waals surface area contributed by atoms with Gasteiger partial charge in [0.05, 0.1) is 17.7 Å². The molecular formula is C14H11N3O2. The van der Waals surface area contributed by atoms with Crippen molar-refractivity contribution in [1.82, 2.24) is 9.88 Å². The van der Waals surface area contributed by atoms with Crippen molar-refractivity contribution in [1.29, 1.82) is 0 Å². The molecule has 0 radical (unpaired) electrons. The van der Waals surface area contributed by atoms with Crippen molar-refractivity contribution >= 4 is 17.6 Å². The van der Waals surface area contributed by atoms with Gasteiger partial charge in [0.1, 0.15) is 5.82 Å². The van der Waals surface area contributed by atoms with Crippen LogP contribution in [0.3, 0.4) is 0 Å². The number of carbonyl (C=O) groups is 2. The SMILES string of the molecule is Nc1cc(CN2C(=O)c3ccccc3C2=O)ccn1. The minimum absolute atomic E-state index is 0.207. The summed E-state index contributed by atoms with van der Waals surface area (Å²) in [5.41, 5.74) is 7.27. The number of hydrogen-bond donors (Lipinski definition) is 1. The predicted octanol–water partition coefficient (Wildman–Crippen LogP) is 1.46. The van der Waals surface area contributed by atoms with Gasteiger partial charge in [0, 0.05) is 6.20 Å². The number of rotatable bonds is 2. The summed E-state index contributed by atoms with van der Waals surface area (Å²) >= 11 is 0. The van der Waals surface area contributed by atoms with E-state index in [2.05, 4.69) is 4.98 Å². The summed E-state index contributed by atoms with van der Waals surface area (Å²) in [6.07, 6.45) is 1.56. The minimum atomic E-state index is -0.268. The number of fused-ring (bicyclic) bond motifs is 1. The van der Waals surface area contributed by atoms with Crippen LogP contribution in [-0.2, 0) is 6.54 Å². The molecule has 3 rings (SSSR count). The first-order valence-corrected chi connectivity index (χ1v) is 5.82. The topological polar surface area (TPSA) is 76.3 Å². The lowest BCUT2D eigenvalue weighted by molar-refractivity contribution is 0.0642. The van der Waals surface area contributed by atoms with Gasteiger partial charge in [0.2, 0.25) is 0 Å². The number of imide groups is 1. The van der Waals surface area contributed by atoms with Gasteiger partial charge in [0.25, 0.3) is 11.8 Å². The van der Waals surface area contributed by atoms with Crippen LogP contribution in [0.2, 0.25) is 0 Å². The third-order valence-corrected chi connectivity index (χ3v) is 3.06. The van der Waals surface area contributed by atoms with Gasteiger partial charge in [0.15, 0.2) is 0 Å². The Hall–Kier alpha value is -2.69. The molecule has 19 heavy (non-hydrogen) atoms. The fourth-order valence-electron chi connectivity index (χ4n) is 2.16. The maximum absolute atomic E-state index is 12.2. The van der Waals surface area contributed by atoms with Crippen LogP contribution >= 0.6 is 0 Å². The third-order valence-electron chi connectivity index (χ3n) is 3.06. The molecule has 0 saturated heterocycles. The largest absolute Gasteiger partial charge is 0.384 e. The quantitative estimate of drug-likeness (QED) is 0.822. The monoisotopic (exact) mass is 253 g/mol. The third kappa shape index (κ3) is 1.85. The smallest absolute Gasteiger partial charge is 0.261 e. The highest BCUT2D eigenvalue weighted by atomic mass is 16.2. The molecule has 1 aromatic carbocycles. The van der Waals surface area contributed by atoms with Crippen molar-refractivity contribution in [2.75, 3.05) is 5.73 Å². The Kier molecular flexibility index (Phi) is 2.52. The standard InChI is InChI=1S/C14H11N3O2/c15-12-7-9(5-6-16-12)8-17-13(18)10-3-1-2-4-11(10)14(17)19/h1-7H,8H2,(H2,15,16). The van der Waals surface area contributed by atoms with Gasteiger partial charge in [-0.25, -0.2) is 4.98 Å². The molecule has 2 heterocycles. The molecule has 0 atom stereocenters. The number of amides is 2. The highest BCUT2D eigenvalue weighted by Crippen LogP contribution is 2.24. The molecule has 1 aliphatic rings. The first-order chi connectivity index (χ1) is 9.16. The molecule has 2 aromatic rings. The zero-order valence-corrected chi connectivity index (χ0v) is 10.0. The molecule has 0 bridgehead atoms. The van der Waals surface area contributed by atoms with Crippen molar-refractivity contribution in [3.05, 3.63) is 59.3 Å². The lowest BCUT2D eigenvalue weighted by Gasteiger charge is -2.13. The van der Waals surface area contributed by atoms with E-state index in [4.69, 9.17) is 5.73 Å². The second-order valence-corrected chi connectivity index (χ2v) is 4.33. The molecule has 1 aromatic heterocycles. The van der Waals surface area contributed by atoms with Crippen molar-refractivity contribution in [3.8, 4) is 0 Å². The minimum Gasteiger partial charge on any atom is -0.384 e.